The molecular formula is C29H20BrCl2N3O6S2. The number of methoxy groups -OCH3 is 1. The van der Waals surface area contributed by atoms with Crippen molar-refractivity contribution in [2.24, 2.45) is 5.92 Å². The second-order valence-corrected chi connectivity index (χ2v) is 13.5. The van der Waals surface area contributed by atoms with E-state index in [0.717, 1.165) is 11.3 Å². The van der Waals surface area contributed by atoms with Gasteiger partial charge in [-0.25, -0.2) is 4.90 Å². The van der Waals surface area contributed by atoms with E-state index in [1.54, 1.807) is 54.6 Å². The summed E-state index contributed by atoms with van der Waals surface area (Å²) in [6.07, 6.45) is 0. The molecule has 2 unspecified atom stereocenters. The molecule has 3 atom stereocenters. The minimum atomic E-state index is -0.833. The summed E-state index contributed by atoms with van der Waals surface area (Å²) in [5.74, 6) is -1.84. The van der Waals surface area contributed by atoms with Crippen molar-refractivity contribution in [3.05, 3.63) is 95.3 Å². The molecule has 0 radical (unpaired) electrons. The molecule has 3 aromatic carbocycles. The largest absolute Gasteiger partial charge is 0.497 e. The Kier molecular flexibility index (Phi) is 8.31. The van der Waals surface area contributed by atoms with Crippen LogP contribution in [0.2, 0.25) is 10.0 Å². The maximum atomic E-state index is 14.1. The summed E-state index contributed by atoms with van der Waals surface area (Å²) < 4.78 is 11.9. The molecule has 220 valence electrons. The molecule has 0 saturated carbocycles. The number of carbonyl (C=O) groups is 3. The number of anilines is 2. The molecule has 9 nitrogen and oxygen atoms in total. The van der Waals surface area contributed by atoms with Crippen LogP contribution in [0, 0.1) is 5.92 Å². The highest BCUT2D eigenvalue weighted by Crippen LogP contribution is 2.54. The average Bonchev–Trinajstić information content (AvgIpc) is 3.48. The summed E-state index contributed by atoms with van der Waals surface area (Å²) in [5, 5.41) is 3.10. The molecule has 1 saturated heterocycles. The zero-order chi connectivity index (χ0) is 30.4. The first-order valence-corrected chi connectivity index (χ1v) is 16.0. The minimum Gasteiger partial charge on any atom is -0.497 e. The first-order valence-electron chi connectivity index (χ1n) is 12.7. The third-order valence-corrected chi connectivity index (χ3v) is 10.7. The van der Waals surface area contributed by atoms with Crippen LogP contribution in [0.1, 0.15) is 16.4 Å². The number of nitrogens with zero attached hydrogens (tertiary/aromatic N) is 1. The second-order valence-electron chi connectivity index (χ2n) is 9.61. The fourth-order valence-electron chi connectivity index (χ4n) is 5.15. The van der Waals surface area contributed by atoms with Crippen LogP contribution in [0.4, 0.5) is 11.4 Å². The lowest BCUT2D eigenvalue weighted by molar-refractivity contribution is -0.122. The van der Waals surface area contributed by atoms with Crippen molar-refractivity contribution in [1.29, 1.82) is 0 Å². The molecule has 2 aliphatic heterocycles. The zero-order valence-electron chi connectivity index (χ0n) is 22.1. The molecule has 1 aromatic heterocycles. The molecule has 14 heteroatoms. The van der Waals surface area contributed by atoms with Crippen molar-refractivity contribution in [3.63, 3.8) is 0 Å². The van der Waals surface area contributed by atoms with Crippen molar-refractivity contribution < 1.29 is 23.9 Å². The number of ether oxygens (including phenoxy) is 2. The van der Waals surface area contributed by atoms with Gasteiger partial charge in [0.25, 0.3) is 5.91 Å². The molecule has 0 aliphatic carbocycles. The Balaban J connectivity index is 1.34. The van der Waals surface area contributed by atoms with Crippen LogP contribution in [0.3, 0.4) is 0 Å². The maximum Gasteiger partial charge on any atom is 0.305 e. The average molecular weight is 721 g/mol. The number of fused-ring (bicyclic) bond motifs is 2. The lowest BCUT2D eigenvalue weighted by Gasteiger charge is -2.31. The van der Waals surface area contributed by atoms with Crippen molar-refractivity contribution in [3.8, 4) is 11.5 Å². The fourth-order valence-corrected chi connectivity index (χ4v) is 8.33. The molecule has 0 bridgehead atoms. The molecule has 4 aromatic rings. The lowest BCUT2D eigenvalue weighted by atomic mass is 9.82. The number of benzene rings is 3. The van der Waals surface area contributed by atoms with Crippen molar-refractivity contribution >= 4 is 91.3 Å². The standard InChI is InChI=1S/C29H20BrCl2N3O6S2/c1-40-16-6-4-15(5-7-16)35-27(37)23-22(24-26(34-29(39)43-24)42-25(23)28(35)38)17-10-13(30)2-9-20(17)41-12-21(36)33-14-3-8-18(31)19(32)11-14/h2-11,22-23,25H,12H2,1H3,(H,33,36)(H,34,39)/t22-,23?,25?/m1/s1. The van der Waals surface area contributed by atoms with E-state index in [9.17, 15) is 19.2 Å². The van der Waals surface area contributed by atoms with Crippen molar-refractivity contribution in [1.82, 2.24) is 4.98 Å². The summed E-state index contributed by atoms with van der Waals surface area (Å²) in [7, 11) is 1.53. The van der Waals surface area contributed by atoms with Gasteiger partial charge in [0, 0.05) is 26.5 Å². The number of amides is 3. The van der Waals surface area contributed by atoms with E-state index in [0.29, 0.717) is 52.9 Å². The zero-order valence-corrected chi connectivity index (χ0v) is 26.8. The van der Waals surface area contributed by atoms with Crippen molar-refractivity contribution in [2.45, 2.75) is 16.2 Å². The molecular weight excluding hydrogens is 701 g/mol. The number of hydrogen-bond acceptors (Lipinski definition) is 8. The number of nitrogens with one attached hydrogen (secondary N) is 2. The van der Waals surface area contributed by atoms with E-state index in [1.165, 1.54) is 29.8 Å². The highest BCUT2D eigenvalue weighted by atomic mass is 79.9. The van der Waals surface area contributed by atoms with Gasteiger partial charge in [0.15, 0.2) is 6.61 Å². The van der Waals surface area contributed by atoms with Crippen LogP contribution in [0.25, 0.3) is 0 Å². The number of aromatic nitrogens is 1. The van der Waals surface area contributed by atoms with Gasteiger partial charge in [-0.15, -0.1) is 0 Å². The molecule has 3 heterocycles. The molecule has 43 heavy (non-hydrogen) atoms. The first-order chi connectivity index (χ1) is 20.6. The molecule has 2 N–H and O–H groups in total. The molecule has 3 amide bonds. The SMILES string of the molecule is COc1ccc(N2C(=O)C3Sc4[nH]c(=O)sc4[C@H](c4cc(Br)ccc4OCC(=O)Nc4ccc(Cl)c(Cl)c4)C3C2=O)cc1. The van der Waals surface area contributed by atoms with Crippen LogP contribution < -0.4 is 24.6 Å². The van der Waals surface area contributed by atoms with Gasteiger partial charge in [-0.05, 0) is 60.7 Å². The number of thioether (sulfide) groups is 1. The Morgan fingerprint density at radius 2 is 1.79 bits per heavy atom. The Morgan fingerprint density at radius 3 is 2.51 bits per heavy atom. The van der Waals surface area contributed by atoms with Gasteiger partial charge < -0.3 is 19.8 Å². The highest BCUT2D eigenvalue weighted by molar-refractivity contribution is 9.10. The maximum absolute atomic E-state index is 14.1. The monoisotopic (exact) mass is 719 g/mol. The molecule has 2 aliphatic rings. The molecule has 0 spiro atoms. The number of halogens is 3. The third-order valence-electron chi connectivity index (χ3n) is 7.02. The van der Waals surface area contributed by atoms with Crippen LogP contribution in [-0.4, -0.2) is 41.7 Å². The van der Waals surface area contributed by atoms with Gasteiger partial charge in [-0.3, -0.25) is 19.2 Å². The van der Waals surface area contributed by atoms with E-state index in [2.05, 4.69) is 26.2 Å². The first kappa shape index (κ1) is 29.8. The Labute approximate surface area is 271 Å². The van der Waals surface area contributed by atoms with E-state index in [4.69, 9.17) is 32.7 Å². The number of aromatic amines is 1. The Bertz CT molecular complexity index is 1830. The van der Waals surface area contributed by atoms with Crippen LogP contribution in [-0.2, 0) is 14.4 Å². The quantitative estimate of drug-likeness (QED) is 0.215. The smallest absolute Gasteiger partial charge is 0.305 e. The third kappa shape index (κ3) is 5.69. The minimum absolute atomic E-state index is 0.293. The van der Waals surface area contributed by atoms with Gasteiger partial charge in [-0.2, -0.15) is 0 Å². The summed E-state index contributed by atoms with van der Waals surface area (Å²) in [6, 6.07) is 16.6. The van der Waals surface area contributed by atoms with Gasteiger partial charge in [0.2, 0.25) is 11.8 Å². The van der Waals surface area contributed by atoms with Crippen LogP contribution in [0.15, 0.2) is 75.0 Å². The number of H-pyrrole nitrogens is 1. The van der Waals surface area contributed by atoms with Crippen LogP contribution >= 0.6 is 62.2 Å². The van der Waals surface area contributed by atoms with Crippen LogP contribution in [0.5, 0.6) is 11.5 Å². The topological polar surface area (TPSA) is 118 Å². The predicted octanol–water partition coefficient (Wildman–Crippen LogP) is 6.33. The summed E-state index contributed by atoms with van der Waals surface area (Å²) in [6.45, 7) is -0.356. The normalized spacial score (nSPS) is 19.2. The Morgan fingerprint density at radius 1 is 1.02 bits per heavy atom. The Hall–Kier alpha value is -3.29. The van der Waals surface area contributed by atoms with E-state index >= 15 is 0 Å². The number of carbonyl (C=O) groups excluding carboxylic acids is 3. The highest BCUT2D eigenvalue weighted by Gasteiger charge is 2.56. The van der Waals surface area contributed by atoms with Gasteiger partial charge in [0.1, 0.15) is 16.7 Å². The number of thiazole rings is 1. The van der Waals surface area contributed by atoms with Gasteiger partial charge in [-0.1, -0.05) is 62.2 Å². The number of imide groups is 1. The fraction of sp³-hybridized carbons (Fsp3) is 0.172. The summed E-state index contributed by atoms with van der Waals surface area (Å²) >= 11 is 17.7. The number of rotatable bonds is 7. The molecule has 1 fully saturated rings. The summed E-state index contributed by atoms with van der Waals surface area (Å²) in [4.78, 5) is 57.4. The van der Waals surface area contributed by atoms with E-state index in [1.807, 2.05) is 0 Å². The number of hydrogen-bond donors (Lipinski definition) is 2. The summed E-state index contributed by atoms with van der Waals surface area (Å²) in [5.41, 5.74) is 1.42. The molecule has 6 rings (SSSR count). The second kappa shape index (κ2) is 12.0. The van der Waals surface area contributed by atoms with Gasteiger partial charge >= 0.3 is 4.87 Å². The van der Waals surface area contributed by atoms with Crippen molar-refractivity contribution in [2.75, 3.05) is 23.9 Å². The van der Waals surface area contributed by atoms with E-state index in [-0.39, 0.29) is 17.4 Å². The predicted molar refractivity (Wildman–Crippen MR) is 170 cm³/mol. The van der Waals surface area contributed by atoms with Gasteiger partial charge in [0.05, 0.1) is 33.8 Å². The van der Waals surface area contributed by atoms with E-state index < -0.39 is 28.9 Å². The lowest BCUT2D eigenvalue weighted by Crippen LogP contribution is -2.32.